The van der Waals surface area contributed by atoms with Crippen molar-refractivity contribution in [2.45, 2.75) is 38.3 Å². The Kier molecular flexibility index (Phi) is 7.15. The first-order valence-corrected chi connectivity index (χ1v) is 8.25. The van der Waals surface area contributed by atoms with Crippen molar-refractivity contribution in [3.05, 3.63) is 21.9 Å². The Morgan fingerprint density at radius 3 is 3.10 bits per heavy atom. The highest BCUT2D eigenvalue weighted by molar-refractivity contribution is 7.12. The quantitative estimate of drug-likeness (QED) is 0.647. The Balaban J connectivity index is 1.47. The van der Waals surface area contributed by atoms with Crippen LogP contribution >= 0.6 is 11.3 Å². The minimum atomic E-state index is -0.778. The normalized spacial score (nSPS) is 18.2. The van der Waals surface area contributed by atoms with Crippen LogP contribution in [0.3, 0.4) is 0 Å². The minimum Gasteiger partial charge on any atom is -0.481 e. The molecule has 0 radical (unpaired) electrons. The average molecular weight is 313 g/mol. The van der Waals surface area contributed by atoms with Crippen LogP contribution in [-0.2, 0) is 27.2 Å². The Morgan fingerprint density at radius 2 is 2.33 bits per heavy atom. The van der Waals surface area contributed by atoms with E-state index in [0.717, 1.165) is 50.4 Å². The summed E-state index contributed by atoms with van der Waals surface area (Å²) in [6.07, 6.45) is 3.66. The van der Waals surface area contributed by atoms with Crippen LogP contribution in [0.15, 0.2) is 12.1 Å². The van der Waals surface area contributed by atoms with Gasteiger partial charge in [-0.05, 0) is 37.9 Å². The van der Waals surface area contributed by atoms with Crippen LogP contribution in [0.2, 0.25) is 0 Å². The number of ether oxygens (including phenoxy) is 2. The fraction of sp³-hybridized carbons (Fsp3) is 0.667. The van der Waals surface area contributed by atoms with E-state index in [1.54, 1.807) is 11.3 Å². The molecular weight excluding hydrogens is 290 g/mol. The van der Waals surface area contributed by atoms with Gasteiger partial charge in [-0.25, -0.2) is 0 Å². The lowest BCUT2D eigenvalue weighted by Gasteiger charge is -2.10. The van der Waals surface area contributed by atoms with Crippen molar-refractivity contribution in [2.75, 3.05) is 26.4 Å². The molecule has 0 bridgehead atoms. The topological polar surface area (TPSA) is 67.8 Å². The number of aliphatic carboxylic acids is 1. The molecule has 1 aromatic heterocycles. The number of thiophene rings is 1. The summed E-state index contributed by atoms with van der Waals surface area (Å²) in [6.45, 7) is 4.03. The molecule has 5 nitrogen and oxygen atoms in total. The molecule has 0 aliphatic carbocycles. The van der Waals surface area contributed by atoms with Gasteiger partial charge >= 0.3 is 5.97 Å². The number of carboxylic acids is 1. The molecule has 1 fully saturated rings. The molecule has 2 heterocycles. The van der Waals surface area contributed by atoms with Gasteiger partial charge in [0.2, 0.25) is 0 Å². The van der Waals surface area contributed by atoms with Crippen LogP contribution < -0.4 is 5.32 Å². The van der Waals surface area contributed by atoms with E-state index < -0.39 is 5.97 Å². The van der Waals surface area contributed by atoms with E-state index >= 15 is 0 Å². The Hall–Kier alpha value is -0.950. The number of nitrogens with one attached hydrogen (secondary N) is 1. The molecule has 1 unspecified atom stereocenters. The lowest BCUT2D eigenvalue weighted by atomic mass is 10.2. The summed E-state index contributed by atoms with van der Waals surface area (Å²) in [6, 6.07) is 3.88. The summed E-state index contributed by atoms with van der Waals surface area (Å²) in [4.78, 5) is 12.7. The predicted octanol–water partition coefficient (Wildman–Crippen LogP) is 2.05. The highest BCUT2D eigenvalue weighted by Crippen LogP contribution is 2.16. The largest absolute Gasteiger partial charge is 0.481 e. The van der Waals surface area contributed by atoms with E-state index in [-0.39, 0.29) is 6.42 Å². The highest BCUT2D eigenvalue weighted by Gasteiger charge is 2.14. The van der Waals surface area contributed by atoms with Crippen molar-refractivity contribution >= 4 is 17.3 Å². The van der Waals surface area contributed by atoms with Crippen molar-refractivity contribution in [2.24, 2.45) is 0 Å². The van der Waals surface area contributed by atoms with Crippen molar-refractivity contribution in [1.29, 1.82) is 0 Å². The van der Waals surface area contributed by atoms with Gasteiger partial charge in [-0.15, -0.1) is 11.3 Å². The molecule has 1 saturated heterocycles. The Bertz CT molecular complexity index is 429. The van der Waals surface area contributed by atoms with Gasteiger partial charge in [-0.1, -0.05) is 0 Å². The molecule has 0 aromatic carbocycles. The van der Waals surface area contributed by atoms with Gasteiger partial charge < -0.3 is 19.9 Å². The van der Waals surface area contributed by atoms with Gasteiger partial charge in [0.05, 0.1) is 19.1 Å². The first kappa shape index (κ1) is 16.4. The summed E-state index contributed by atoms with van der Waals surface area (Å²) < 4.78 is 11.1. The molecule has 21 heavy (non-hydrogen) atoms. The smallest absolute Gasteiger partial charge is 0.308 e. The molecule has 6 heteroatoms. The van der Waals surface area contributed by atoms with E-state index in [1.165, 1.54) is 4.88 Å². The fourth-order valence-corrected chi connectivity index (χ4v) is 3.24. The number of hydrogen-bond acceptors (Lipinski definition) is 5. The second kappa shape index (κ2) is 9.15. The molecule has 1 atom stereocenters. The first-order valence-electron chi connectivity index (χ1n) is 7.43. The standard InChI is InChI=1S/C15H23NO4S/c17-15(18)9-13-4-5-14(21-13)10-16-6-2-7-19-11-12-3-1-8-20-12/h4-5,12,16H,1-3,6-11H2,(H,17,18). The Morgan fingerprint density at radius 1 is 1.48 bits per heavy atom. The second-order valence-corrected chi connectivity index (χ2v) is 6.43. The predicted molar refractivity (Wildman–Crippen MR) is 81.8 cm³/mol. The maximum atomic E-state index is 10.6. The van der Waals surface area contributed by atoms with Gasteiger partial charge in [0, 0.05) is 29.5 Å². The molecule has 1 aliphatic rings. The van der Waals surface area contributed by atoms with Gasteiger partial charge in [-0.3, -0.25) is 4.79 Å². The summed E-state index contributed by atoms with van der Waals surface area (Å²) >= 11 is 1.56. The van der Waals surface area contributed by atoms with Gasteiger partial charge in [-0.2, -0.15) is 0 Å². The average Bonchev–Trinajstić information content (AvgIpc) is 3.09. The van der Waals surface area contributed by atoms with E-state index in [1.807, 2.05) is 12.1 Å². The van der Waals surface area contributed by atoms with E-state index in [2.05, 4.69) is 5.32 Å². The monoisotopic (exact) mass is 313 g/mol. The molecular formula is C15H23NO4S. The number of carboxylic acid groups (broad SMARTS) is 1. The second-order valence-electron chi connectivity index (χ2n) is 5.18. The molecule has 0 spiro atoms. The lowest BCUT2D eigenvalue weighted by molar-refractivity contribution is -0.136. The highest BCUT2D eigenvalue weighted by atomic mass is 32.1. The van der Waals surface area contributed by atoms with Crippen LogP contribution in [-0.4, -0.2) is 43.5 Å². The van der Waals surface area contributed by atoms with Crippen molar-refractivity contribution < 1.29 is 19.4 Å². The van der Waals surface area contributed by atoms with Crippen LogP contribution in [0.5, 0.6) is 0 Å². The number of rotatable bonds is 10. The van der Waals surface area contributed by atoms with E-state index in [0.29, 0.717) is 12.7 Å². The van der Waals surface area contributed by atoms with Gasteiger partial charge in [0.1, 0.15) is 0 Å². The van der Waals surface area contributed by atoms with Gasteiger partial charge in [0.25, 0.3) is 0 Å². The Labute approximate surface area is 129 Å². The molecule has 2 rings (SSSR count). The molecule has 2 N–H and O–H groups in total. The fourth-order valence-electron chi connectivity index (χ4n) is 2.26. The van der Waals surface area contributed by atoms with Crippen LogP contribution in [0, 0.1) is 0 Å². The molecule has 0 amide bonds. The molecule has 118 valence electrons. The third kappa shape index (κ3) is 6.56. The number of carbonyl (C=O) groups is 1. The third-order valence-electron chi connectivity index (χ3n) is 3.31. The zero-order valence-corrected chi connectivity index (χ0v) is 13.0. The molecule has 0 saturated carbocycles. The zero-order valence-electron chi connectivity index (χ0n) is 12.2. The van der Waals surface area contributed by atoms with E-state index in [9.17, 15) is 4.79 Å². The summed E-state index contributed by atoms with van der Waals surface area (Å²) in [5, 5.41) is 12.1. The van der Waals surface area contributed by atoms with Crippen LogP contribution in [0.25, 0.3) is 0 Å². The molecule has 1 aliphatic heterocycles. The zero-order chi connectivity index (χ0) is 14.9. The molecule has 1 aromatic rings. The maximum absolute atomic E-state index is 10.6. The van der Waals surface area contributed by atoms with Crippen LogP contribution in [0.4, 0.5) is 0 Å². The maximum Gasteiger partial charge on any atom is 0.308 e. The van der Waals surface area contributed by atoms with E-state index in [4.69, 9.17) is 14.6 Å². The van der Waals surface area contributed by atoms with Crippen molar-refractivity contribution in [1.82, 2.24) is 5.32 Å². The SMILES string of the molecule is O=C(O)Cc1ccc(CNCCCOCC2CCCO2)s1. The lowest BCUT2D eigenvalue weighted by Crippen LogP contribution is -2.18. The van der Waals surface area contributed by atoms with Crippen LogP contribution in [0.1, 0.15) is 29.0 Å². The summed E-state index contributed by atoms with van der Waals surface area (Å²) in [7, 11) is 0. The van der Waals surface area contributed by atoms with Gasteiger partial charge in [0.15, 0.2) is 0 Å². The summed E-state index contributed by atoms with van der Waals surface area (Å²) in [5.41, 5.74) is 0. The van der Waals surface area contributed by atoms with Crippen molar-refractivity contribution in [3.8, 4) is 0 Å². The summed E-state index contributed by atoms with van der Waals surface area (Å²) in [5.74, 6) is -0.778. The minimum absolute atomic E-state index is 0.113. The van der Waals surface area contributed by atoms with Crippen molar-refractivity contribution in [3.63, 3.8) is 0 Å². The third-order valence-corrected chi connectivity index (χ3v) is 4.40. The first-order chi connectivity index (χ1) is 10.2. The number of hydrogen-bond donors (Lipinski definition) is 2.